The highest BCUT2D eigenvalue weighted by molar-refractivity contribution is 7.11. The molecule has 1 aromatic heterocycles. The van der Waals surface area contributed by atoms with Crippen LogP contribution >= 0.6 is 11.3 Å². The van der Waals surface area contributed by atoms with Crippen molar-refractivity contribution >= 4 is 17.1 Å². The van der Waals surface area contributed by atoms with Gasteiger partial charge in [-0.3, -0.25) is 4.79 Å². The van der Waals surface area contributed by atoms with E-state index in [9.17, 15) is 4.79 Å². The summed E-state index contributed by atoms with van der Waals surface area (Å²) < 4.78 is 1.99. The molecule has 0 bridgehead atoms. The van der Waals surface area contributed by atoms with Crippen molar-refractivity contribution in [2.24, 2.45) is 13.0 Å². The Balaban J connectivity index is 2.32. The molecule has 0 atom stereocenters. The fourth-order valence-corrected chi connectivity index (χ4v) is 2.23. The number of Topliss-reactive ketones (excluding diaryl/α,β-unsaturated/α-hetero) is 1. The number of aromatic nitrogens is 1. The summed E-state index contributed by atoms with van der Waals surface area (Å²) in [5.41, 5.74) is 1.17. The molecular formula is C9H12NOS+. The van der Waals surface area contributed by atoms with E-state index in [1.54, 1.807) is 11.3 Å². The smallest absolute Gasteiger partial charge is 0.286 e. The van der Waals surface area contributed by atoms with Gasteiger partial charge in [0.25, 0.3) is 0 Å². The molecule has 3 heteroatoms. The van der Waals surface area contributed by atoms with Crippen LogP contribution in [-0.4, -0.2) is 5.78 Å². The normalized spacial score (nSPS) is 16.5. The monoisotopic (exact) mass is 182 g/mol. The van der Waals surface area contributed by atoms with Crippen LogP contribution in [0.5, 0.6) is 0 Å². The molecule has 0 amide bonds. The number of ketones is 1. The van der Waals surface area contributed by atoms with Crippen LogP contribution in [-0.2, 0) is 7.05 Å². The van der Waals surface area contributed by atoms with Crippen molar-refractivity contribution in [2.75, 3.05) is 0 Å². The first-order valence-electron chi connectivity index (χ1n) is 4.18. The van der Waals surface area contributed by atoms with Gasteiger partial charge in [0.15, 0.2) is 5.69 Å². The largest absolute Gasteiger partial charge is 0.305 e. The Labute approximate surface area is 75.8 Å². The van der Waals surface area contributed by atoms with Gasteiger partial charge in [-0.25, -0.2) is 0 Å². The van der Waals surface area contributed by atoms with Crippen molar-refractivity contribution in [3.8, 4) is 0 Å². The lowest BCUT2D eigenvalue weighted by Gasteiger charge is -1.90. The van der Waals surface area contributed by atoms with Gasteiger partial charge in [0.2, 0.25) is 5.78 Å². The maximum atomic E-state index is 11.6. The van der Waals surface area contributed by atoms with Gasteiger partial charge < -0.3 is 0 Å². The molecule has 64 valence electrons. The molecule has 12 heavy (non-hydrogen) atoms. The number of hydrogen-bond donors (Lipinski definition) is 0. The summed E-state index contributed by atoms with van der Waals surface area (Å²) in [6.45, 7) is 2.03. The SMILES string of the molecule is Cc1csc(C(=O)C2CC2)[n+]1C. The lowest BCUT2D eigenvalue weighted by molar-refractivity contribution is -0.674. The highest BCUT2D eigenvalue weighted by atomic mass is 32.1. The van der Waals surface area contributed by atoms with E-state index in [-0.39, 0.29) is 0 Å². The number of carbonyl (C=O) groups excluding carboxylic acids is 1. The first kappa shape index (κ1) is 7.92. The van der Waals surface area contributed by atoms with Crippen molar-refractivity contribution in [2.45, 2.75) is 19.8 Å². The second-order valence-corrected chi connectivity index (χ2v) is 4.24. The predicted octanol–water partition coefficient (Wildman–Crippen LogP) is 1.47. The van der Waals surface area contributed by atoms with Crippen LogP contribution in [0.2, 0.25) is 0 Å². The average molecular weight is 182 g/mol. The fraction of sp³-hybridized carbons (Fsp3) is 0.556. The summed E-state index contributed by atoms with van der Waals surface area (Å²) in [5.74, 6) is 0.685. The second kappa shape index (κ2) is 2.66. The number of rotatable bonds is 2. The molecular weight excluding hydrogens is 170 g/mol. The first-order chi connectivity index (χ1) is 5.70. The molecule has 1 saturated carbocycles. The molecule has 0 radical (unpaired) electrons. The number of nitrogens with zero attached hydrogens (tertiary/aromatic N) is 1. The minimum atomic E-state index is 0.342. The molecule has 1 fully saturated rings. The van der Waals surface area contributed by atoms with E-state index >= 15 is 0 Å². The summed E-state index contributed by atoms with van der Waals surface area (Å²) in [5, 5.41) is 2.95. The summed E-state index contributed by atoms with van der Waals surface area (Å²) in [7, 11) is 1.96. The first-order valence-corrected chi connectivity index (χ1v) is 5.06. The molecule has 0 saturated heterocycles. The lowest BCUT2D eigenvalue weighted by atomic mass is 10.3. The number of hydrogen-bond acceptors (Lipinski definition) is 2. The molecule has 2 rings (SSSR count). The maximum Gasteiger partial charge on any atom is 0.305 e. The van der Waals surface area contributed by atoms with Crippen LogP contribution in [0.3, 0.4) is 0 Å². The molecule has 1 aliphatic carbocycles. The molecule has 1 heterocycles. The average Bonchev–Trinajstić information content (AvgIpc) is 2.82. The molecule has 0 unspecified atom stereocenters. The summed E-state index contributed by atoms with van der Waals surface area (Å²) in [6, 6.07) is 0. The Morgan fingerprint density at radius 2 is 2.33 bits per heavy atom. The molecule has 1 aromatic rings. The van der Waals surface area contributed by atoms with E-state index in [4.69, 9.17) is 0 Å². The van der Waals surface area contributed by atoms with Crippen molar-refractivity contribution in [3.05, 3.63) is 16.1 Å². The third-order valence-corrected chi connectivity index (χ3v) is 3.49. The van der Waals surface area contributed by atoms with Gasteiger partial charge in [-0.05, 0) is 12.8 Å². The zero-order valence-electron chi connectivity index (χ0n) is 7.33. The Kier molecular flexibility index (Phi) is 1.76. The van der Waals surface area contributed by atoms with Gasteiger partial charge in [0.05, 0.1) is 5.38 Å². The number of thiazole rings is 1. The van der Waals surface area contributed by atoms with Crippen LogP contribution in [0.1, 0.15) is 28.3 Å². The van der Waals surface area contributed by atoms with Crippen LogP contribution in [0.25, 0.3) is 0 Å². The van der Waals surface area contributed by atoms with Gasteiger partial charge in [-0.1, -0.05) is 11.3 Å². The van der Waals surface area contributed by atoms with Crippen molar-refractivity contribution in [1.82, 2.24) is 0 Å². The molecule has 0 N–H and O–H groups in total. The zero-order chi connectivity index (χ0) is 8.72. The highest BCUT2D eigenvalue weighted by Gasteiger charge is 2.36. The Bertz CT molecular complexity index is 325. The van der Waals surface area contributed by atoms with Crippen molar-refractivity contribution in [1.29, 1.82) is 0 Å². The highest BCUT2D eigenvalue weighted by Crippen LogP contribution is 2.32. The van der Waals surface area contributed by atoms with Gasteiger partial charge >= 0.3 is 5.01 Å². The van der Waals surface area contributed by atoms with Crippen molar-refractivity contribution < 1.29 is 9.36 Å². The van der Waals surface area contributed by atoms with Gasteiger partial charge in [0.1, 0.15) is 7.05 Å². The molecule has 1 aliphatic rings. The van der Waals surface area contributed by atoms with Gasteiger partial charge in [-0.2, -0.15) is 4.57 Å². The van der Waals surface area contributed by atoms with Crippen LogP contribution in [0, 0.1) is 12.8 Å². The summed E-state index contributed by atoms with van der Waals surface area (Å²) >= 11 is 1.57. The molecule has 2 nitrogen and oxygen atoms in total. The van der Waals surface area contributed by atoms with E-state index in [1.807, 2.05) is 23.9 Å². The van der Waals surface area contributed by atoms with Gasteiger partial charge in [0, 0.05) is 12.8 Å². The molecule has 0 aromatic carbocycles. The van der Waals surface area contributed by atoms with E-state index in [1.165, 1.54) is 5.69 Å². The van der Waals surface area contributed by atoms with E-state index in [0.717, 1.165) is 17.8 Å². The van der Waals surface area contributed by atoms with E-state index in [0.29, 0.717) is 11.7 Å². The number of carbonyl (C=O) groups is 1. The topological polar surface area (TPSA) is 20.9 Å². The third kappa shape index (κ3) is 1.18. The minimum Gasteiger partial charge on any atom is -0.286 e. The summed E-state index contributed by atoms with van der Waals surface area (Å²) in [6.07, 6.45) is 2.19. The fourth-order valence-electron chi connectivity index (χ4n) is 1.20. The Morgan fingerprint density at radius 1 is 1.67 bits per heavy atom. The minimum absolute atomic E-state index is 0.342. The maximum absolute atomic E-state index is 11.6. The van der Waals surface area contributed by atoms with Crippen LogP contribution in [0.4, 0.5) is 0 Å². The lowest BCUT2D eigenvalue weighted by Crippen LogP contribution is -2.35. The molecule has 0 aliphatic heterocycles. The Hall–Kier alpha value is -0.700. The van der Waals surface area contributed by atoms with E-state index in [2.05, 4.69) is 0 Å². The zero-order valence-corrected chi connectivity index (χ0v) is 8.15. The summed E-state index contributed by atoms with van der Waals surface area (Å²) in [4.78, 5) is 11.6. The quantitative estimate of drug-likeness (QED) is 0.501. The second-order valence-electron chi connectivity index (χ2n) is 3.38. The molecule has 0 spiro atoms. The van der Waals surface area contributed by atoms with E-state index < -0.39 is 0 Å². The third-order valence-electron chi connectivity index (χ3n) is 2.33. The number of aryl methyl sites for hydroxylation is 1. The Morgan fingerprint density at radius 3 is 2.75 bits per heavy atom. The standard InChI is InChI=1S/C9H12NOS/c1-6-5-12-9(10(6)2)8(11)7-3-4-7/h5,7H,3-4H2,1-2H3/q+1. The van der Waals surface area contributed by atoms with Gasteiger partial charge in [-0.15, -0.1) is 0 Å². The van der Waals surface area contributed by atoms with Crippen LogP contribution in [0.15, 0.2) is 5.38 Å². The predicted molar refractivity (Wildman–Crippen MR) is 47.3 cm³/mol. The van der Waals surface area contributed by atoms with Crippen molar-refractivity contribution in [3.63, 3.8) is 0 Å². The van der Waals surface area contributed by atoms with Crippen LogP contribution < -0.4 is 4.57 Å².